The molecule has 3 aromatic carbocycles. The van der Waals surface area contributed by atoms with Crippen LogP contribution in [0.4, 0.5) is 0 Å². The summed E-state index contributed by atoms with van der Waals surface area (Å²) in [4.78, 5) is 26.0. The molecule has 0 bridgehead atoms. The fourth-order valence-corrected chi connectivity index (χ4v) is 5.56. The van der Waals surface area contributed by atoms with Gasteiger partial charge in [0, 0.05) is 31.0 Å². The van der Waals surface area contributed by atoms with Gasteiger partial charge in [0.1, 0.15) is 41.2 Å². The number of phenolic OH excluding ortho intramolecular Hbond substituents is 1. The molecule has 6 rings (SSSR count). The van der Waals surface area contributed by atoms with Crippen LogP contribution in [0, 0.1) is 0 Å². The minimum Gasteiger partial charge on any atom is -0.504 e. The smallest absolute Gasteiger partial charge is 0.193 e. The number of hydrogen-bond donors (Lipinski definition) is 4. The Kier molecular flexibility index (Phi) is 8.44. The lowest BCUT2D eigenvalue weighted by Gasteiger charge is -2.35. The summed E-state index contributed by atoms with van der Waals surface area (Å²) in [5.74, 6) is 0.628. The van der Waals surface area contributed by atoms with Crippen molar-refractivity contribution in [3.05, 3.63) is 133 Å². The van der Waals surface area contributed by atoms with E-state index in [0.29, 0.717) is 37.2 Å². The van der Waals surface area contributed by atoms with E-state index in [1.165, 1.54) is 24.3 Å². The van der Waals surface area contributed by atoms with Crippen LogP contribution in [-0.2, 0) is 25.7 Å². The molecular formula is C35H32O10. The second-order valence-electron chi connectivity index (χ2n) is 11.0. The lowest BCUT2D eigenvalue weighted by atomic mass is 9.87. The maximum Gasteiger partial charge on any atom is 0.193 e. The van der Waals surface area contributed by atoms with E-state index in [1.54, 1.807) is 7.11 Å². The number of hydrogen-bond acceptors (Lipinski definition) is 10. The molecule has 232 valence electrons. The van der Waals surface area contributed by atoms with Crippen molar-refractivity contribution in [3.8, 4) is 17.2 Å². The highest BCUT2D eigenvalue weighted by Gasteiger charge is 2.46. The molecule has 2 heterocycles. The third kappa shape index (κ3) is 6.21. The van der Waals surface area contributed by atoms with Gasteiger partial charge < -0.3 is 38.7 Å². The highest BCUT2D eigenvalue weighted by atomic mass is 16.5. The van der Waals surface area contributed by atoms with Crippen LogP contribution in [0.5, 0.6) is 17.2 Å². The number of rotatable bonds is 9. The van der Waals surface area contributed by atoms with Gasteiger partial charge >= 0.3 is 0 Å². The second kappa shape index (κ2) is 12.6. The first kappa shape index (κ1) is 30.1. The zero-order valence-electron chi connectivity index (χ0n) is 24.4. The standard InChI is InChI=1S/C35H32O10/c1-42-21-11-7-20(8-12-21)10-14-23-16-27(38)30-31(39)32(40)33(41)35(34(30)44-23)45-29-18-28-24(17-26(29)37)25(36)15-22(43-28)13-9-19-5-3-2-4-6-19/h2-8,11-12,15-18,31-33,35,37,39-41H,9-10,13-14H2,1H3/t31-,32+,33+,35-/m1/s1. The van der Waals surface area contributed by atoms with Crippen molar-refractivity contribution in [1.29, 1.82) is 0 Å². The van der Waals surface area contributed by atoms with Gasteiger partial charge in [0.2, 0.25) is 0 Å². The molecule has 5 aromatic rings. The summed E-state index contributed by atoms with van der Waals surface area (Å²) in [5, 5.41) is 43.1. The number of aliphatic hydroxyl groups is 3. The lowest BCUT2D eigenvalue weighted by Crippen LogP contribution is -2.45. The van der Waals surface area contributed by atoms with E-state index in [-0.39, 0.29) is 39.2 Å². The third-order valence-corrected chi connectivity index (χ3v) is 8.04. The molecule has 0 saturated carbocycles. The third-order valence-electron chi connectivity index (χ3n) is 8.04. The molecule has 0 spiro atoms. The molecular weight excluding hydrogens is 580 g/mol. The Morgan fingerprint density at radius 3 is 2.07 bits per heavy atom. The van der Waals surface area contributed by atoms with E-state index in [9.17, 15) is 30.0 Å². The molecule has 0 unspecified atom stereocenters. The summed E-state index contributed by atoms with van der Waals surface area (Å²) in [6.07, 6.45) is -4.79. The fraction of sp³-hybridized carbons (Fsp3) is 0.257. The Hall–Kier alpha value is -4.90. The molecule has 0 saturated heterocycles. The summed E-state index contributed by atoms with van der Waals surface area (Å²) < 4.78 is 23.2. The van der Waals surface area contributed by atoms with Gasteiger partial charge in [0.15, 0.2) is 34.2 Å². The summed E-state index contributed by atoms with van der Waals surface area (Å²) in [6, 6.07) is 22.3. The molecule has 0 amide bonds. The number of aliphatic hydroxyl groups excluding tert-OH is 3. The van der Waals surface area contributed by atoms with Gasteiger partial charge in [-0.25, -0.2) is 0 Å². The van der Waals surface area contributed by atoms with Crippen LogP contribution in [0.2, 0.25) is 0 Å². The first-order valence-corrected chi connectivity index (χ1v) is 14.6. The minimum atomic E-state index is -1.78. The quantitative estimate of drug-likeness (QED) is 0.192. The number of fused-ring (bicyclic) bond motifs is 2. The van der Waals surface area contributed by atoms with Gasteiger partial charge in [-0.1, -0.05) is 42.5 Å². The number of aryl methyl sites for hydroxylation is 4. The molecule has 2 aromatic heterocycles. The van der Waals surface area contributed by atoms with Gasteiger partial charge in [-0.2, -0.15) is 0 Å². The predicted octanol–water partition coefficient (Wildman–Crippen LogP) is 3.92. The van der Waals surface area contributed by atoms with Gasteiger partial charge in [-0.3, -0.25) is 9.59 Å². The molecule has 1 aliphatic carbocycles. The SMILES string of the molecule is COc1ccc(CCc2cc(=O)c3c(o2)[C@H](Oc2cc4oc(CCc5ccccc5)cc(=O)c4cc2O)[C@@H](O)[C@@H](O)[C@@H]3O)cc1. The summed E-state index contributed by atoms with van der Waals surface area (Å²) in [5.41, 5.74) is 0.982. The van der Waals surface area contributed by atoms with Gasteiger partial charge in [0.05, 0.1) is 18.1 Å². The van der Waals surface area contributed by atoms with Crippen molar-refractivity contribution in [2.24, 2.45) is 0 Å². The van der Waals surface area contributed by atoms with E-state index in [2.05, 4.69) is 0 Å². The van der Waals surface area contributed by atoms with Crippen LogP contribution in [0.1, 0.15) is 46.2 Å². The van der Waals surface area contributed by atoms with Crippen LogP contribution in [0.15, 0.2) is 97.3 Å². The van der Waals surface area contributed by atoms with E-state index in [0.717, 1.165) is 11.1 Å². The molecule has 0 aliphatic heterocycles. The second-order valence-corrected chi connectivity index (χ2v) is 11.0. The van der Waals surface area contributed by atoms with Crippen LogP contribution < -0.4 is 20.3 Å². The Balaban J connectivity index is 1.31. The first-order valence-electron chi connectivity index (χ1n) is 14.6. The number of aromatic hydroxyl groups is 1. The molecule has 10 heteroatoms. The van der Waals surface area contributed by atoms with Crippen LogP contribution >= 0.6 is 0 Å². The van der Waals surface area contributed by atoms with Gasteiger partial charge in [-0.05, 0) is 42.2 Å². The van der Waals surface area contributed by atoms with Crippen molar-refractivity contribution >= 4 is 11.0 Å². The van der Waals surface area contributed by atoms with Crippen LogP contribution in [0.25, 0.3) is 11.0 Å². The number of phenols is 1. The van der Waals surface area contributed by atoms with Crippen molar-refractivity contribution in [2.75, 3.05) is 7.11 Å². The monoisotopic (exact) mass is 612 g/mol. The Labute approximate surface area is 257 Å². The predicted molar refractivity (Wildman–Crippen MR) is 164 cm³/mol. The van der Waals surface area contributed by atoms with Crippen molar-refractivity contribution in [1.82, 2.24) is 0 Å². The van der Waals surface area contributed by atoms with E-state index in [1.807, 2.05) is 54.6 Å². The number of benzene rings is 3. The lowest BCUT2D eigenvalue weighted by molar-refractivity contribution is -0.121. The minimum absolute atomic E-state index is 0.121. The van der Waals surface area contributed by atoms with Gasteiger partial charge in [0.25, 0.3) is 0 Å². The summed E-state index contributed by atoms with van der Waals surface area (Å²) >= 11 is 0. The van der Waals surface area contributed by atoms with Crippen molar-refractivity contribution < 1.29 is 38.7 Å². The maximum absolute atomic E-state index is 13.1. The molecule has 10 nitrogen and oxygen atoms in total. The zero-order chi connectivity index (χ0) is 31.7. The van der Waals surface area contributed by atoms with E-state index in [4.69, 9.17) is 18.3 Å². The van der Waals surface area contributed by atoms with Crippen molar-refractivity contribution in [2.45, 2.75) is 50.1 Å². The normalized spacial score (nSPS) is 19.3. The molecule has 1 aliphatic rings. The fourth-order valence-electron chi connectivity index (χ4n) is 5.56. The average molecular weight is 613 g/mol. The molecule has 45 heavy (non-hydrogen) atoms. The highest BCUT2D eigenvalue weighted by molar-refractivity contribution is 5.80. The largest absolute Gasteiger partial charge is 0.504 e. The van der Waals surface area contributed by atoms with E-state index >= 15 is 0 Å². The Morgan fingerprint density at radius 2 is 1.38 bits per heavy atom. The van der Waals surface area contributed by atoms with Crippen LogP contribution in [-0.4, -0.2) is 39.7 Å². The molecule has 4 N–H and O–H groups in total. The summed E-state index contributed by atoms with van der Waals surface area (Å²) in [6.45, 7) is 0. The van der Waals surface area contributed by atoms with Crippen LogP contribution in [0.3, 0.4) is 0 Å². The topological polar surface area (TPSA) is 160 Å². The number of methoxy groups -OCH3 is 1. The maximum atomic E-state index is 13.1. The highest BCUT2D eigenvalue weighted by Crippen LogP contribution is 2.41. The summed E-state index contributed by atoms with van der Waals surface area (Å²) in [7, 11) is 1.58. The molecule has 0 fully saturated rings. The zero-order valence-corrected chi connectivity index (χ0v) is 24.4. The average Bonchev–Trinajstić information content (AvgIpc) is 3.04. The van der Waals surface area contributed by atoms with Crippen molar-refractivity contribution in [3.63, 3.8) is 0 Å². The molecule has 4 atom stereocenters. The van der Waals surface area contributed by atoms with Gasteiger partial charge in [-0.15, -0.1) is 0 Å². The Morgan fingerprint density at radius 1 is 0.733 bits per heavy atom. The van der Waals surface area contributed by atoms with E-state index < -0.39 is 35.6 Å². The Bertz CT molecular complexity index is 1930. The molecule has 0 radical (unpaired) electrons. The first-order chi connectivity index (χ1) is 21.7. The number of ether oxygens (including phenoxy) is 2.